The predicted molar refractivity (Wildman–Crippen MR) is 94.7 cm³/mol. The lowest BCUT2D eigenvalue weighted by atomic mass is 10.1. The van der Waals surface area contributed by atoms with Gasteiger partial charge in [0.05, 0.1) is 0 Å². The minimum absolute atomic E-state index is 0.0867. The zero-order chi connectivity index (χ0) is 17.2. The molecular weight excluding hydrogens is 314 g/mol. The zero-order valence-corrected chi connectivity index (χ0v) is 14.0. The molecule has 0 spiro atoms. The lowest BCUT2D eigenvalue weighted by molar-refractivity contribution is 0.0951. The van der Waals surface area contributed by atoms with Crippen LogP contribution in [0, 0.1) is 6.92 Å². The fourth-order valence-corrected chi connectivity index (χ4v) is 2.98. The van der Waals surface area contributed by atoms with Crippen LogP contribution in [0.15, 0.2) is 42.5 Å². The summed E-state index contributed by atoms with van der Waals surface area (Å²) in [6.45, 7) is 4.21. The fourth-order valence-electron chi connectivity index (χ4n) is 2.98. The molecule has 3 aromatic rings. The Kier molecular flexibility index (Phi) is 4.03. The molecule has 4 rings (SSSR count). The zero-order valence-electron chi connectivity index (χ0n) is 14.0. The number of nitrogens with zero attached hydrogens (tertiary/aromatic N) is 2. The number of benzene rings is 2. The van der Waals surface area contributed by atoms with E-state index in [-0.39, 0.29) is 5.91 Å². The van der Waals surface area contributed by atoms with E-state index in [1.54, 1.807) is 12.1 Å². The van der Waals surface area contributed by atoms with Gasteiger partial charge in [0.1, 0.15) is 5.82 Å². The molecule has 126 valence electrons. The number of aromatic nitrogens is 3. The Balaban J connectivity index is 1.41. The summed E-state index contributed by atoms with van der Waals surface area (Å²) in [5.41, 5.74) is 5.28. The molecule has 1 aliphatic rings. The smallest absolute Gasteiger partial charge is 0.251 e. The van der Waals surface area contributed by atoms with E-state index in [0.29, 0.717) is 17.9 Å². The van der Waals surface area contributed by atoms with Crippen LogP contribution in [0.5, 0.6) is 0 Å². The lowest BCUT2D eigenvalue weighted by Gasteiger charge is -2.07. The van der Waals surface area contributed by atoms with Crippen molar-refractivity contribution in [1.82, 2.24) is 25.8 Å². The van der Waals surface area contributed by atoms with Crippen LogP contribution in [0.4, 0.5) is 0 Å². The number of hydrogen-bond donors (Lipinski definition) is 3. The maximum Gasteiger partial charge on any atom is 0.251 e. The van der Waals surface area contributed by atoms with Gasteiger partial charge in [-0.15, -0.1) is 0 Å². The molecule has 2 heterocycles. The number of aryl methyl sites for hydroxylation is 1. The number of nitrogens with one attached hydrogen (secondary N) is 3. The predicted octanol–water partition coefficient (Wildman–Crippen LogP) is 2.31. The maximum absolute atomic E-state index is 12.3. The highest BCUT2D eigenvalue weighted by Crippen LogP contribution is 2.18. The van der Waals surface area contributed by atoms with Gasteiger partial charge in [0, 0.05) is 30.8 Å². The van der Waals surface area contributed by atoms with E-state index in [1.165, 1.54) is 11.1 Å². The molecule has 25 heavy (non-hydrogen) atoms. The quantitative estimate of drug-likeness (QED) is 0.684. The van der Waals surface area contributed by atoms with E-state index in [9.17, 15) is 4.79 Å². The van der Waals surface area contributed by atoms with E-state index in [0.717, 1.165) is 30.0 Å². The van der Waals surface area contributed by atoms with Gasteiger partial charge in [-0.2, -0.15) is 5.10 Å². The minimum Gasteiger partial charge on any atom is -0.348 e. The first-order chi connectivity index (χ1) is 12.2. The van der Waals surface area contributed by atoms with Crippen LogP contribution in [0.3, 0.4) is 0 Å². The van der Waals surface area contributed by atoms with E-state index >= 15 is 0 Å². The third kappa shape index (κ3) is 3.29. The molecule has 0 atom stereocenters. The van der Waals surface area contributed by atoms with Crippen LogP contribution in [0.25, 0.3) is 11.4 Å². The van der Waals surface area contributed by atoms with E-state index in [4.69, 9.17) is 0 Å². The van der Waals surface area contributed by atoms with Gasteiger partial charge < -0.3 is 10.6 Å². The Morgan fingerprint density at radius 2 is 1.92 bits per heavy atom. The molecular formula is C19H19N5O. The van der Waals surface area contributed by atoms with Crippen LogP contribution < -0.4 is 10.6 Å². The summed E-state index contributed by atoms with van der Waals surface area (Å²) in [5, 5.41) is 13.2. The van der Waals surface area contributed by atoms with Crippen molar-refractivity contribution in [2.75, 3.05) is 0 Å². The molecule has 0 unspecified atom stereocenters. The number of H-pyrrole nitrogens is 1. The van der Waals surface area contributed by atoms with Gasteiger partial charge in [0.15, 0.2) is 5.82 Å². The molecule has 0 aliphatic carbocycles. The van der Waals surface area contributed by atoms with E-state index < -0.39 is 0 Å². The van der Waals surface area contributed by atoms with Crippen LogP contribution >= 0.6 is 0 Å². The molecule has 2 aromatic carbocycles. The second-order valence-electron chi connectivity index (χ2n) is 6.21. The summed E-state index contributed by atoms with van der Waals surface area (Å²) in [5.74, 6) is 1.31. The van der Waals surface area contributed by atoms with Crippen molar-refractivity contribution in [2.24, 2.45) is 0 Å². The van der Waals surface area contributed by atoms with Gasteiger partial charge in [-0.05, 0) is 35.7 Å². The van der Waals surface area contributed by atoms with Gasteiger partial charge in [-0.3, -0.25) is 9.89 Å². The number of rotatable bonds is 4. The molecule has 0 saturated heterocycles. The van der Waals surface area contributed by atoms with Gasteiger partial charge in [-0.1, -0.05) is 30.3 Å². The van der Waals surface area contributed by atoms with Crippen molar-refractivity contribution >= 4 is 5.91 Å². The third-order valence-corrected chi connectivity index (χ3v) is 4.36. The highest BCUT2D eigenvalue weighted by atomic mass is 16.1. The number of hydrogen-bond acceptors (Lipinski definition) is 4. The van der Waals surface area contributed by atoms with Gasteiger partial charge in [0.25, 0.3) is 5.91 Å². The second-order valence-corrected chi connectivity index (χ2v) is 6.21. The number of fused-ring (bicyclic) bond motifs is 1. The van der Waals surface area contributed by atoms with E-state index in [1.807, 2.05) is 19.1 Å². The third-order valence-electron chi connectivity index (χ3n) is 4.36. The standard InChI is InChI=1S/C19H19N5O/c1-12-22-18(24-23-12)14-4-6-15(7-5-14)19(25)21-9-13-2-3-16-10-20-11-17(16)8-13/h2-8,20H,9-11H2,1H3,(H,21,25)(H,22,23,24). The van der Waals surface area contributed by atoms with E-state index in [2.05, 4.69) is 44.0 Å². The largest absolute Gasteiger partial charge is 0.348 e. The van der Waals surface area contributed by atoms with Gasteiger partial charge >= 0.3 is 0 Å². The Morgan fingerprint density at radius 1 is 1.12 bits per heavy atom. The molecule has 0 saturated carbocycles. The summed E-state index contributed by atoms with van der Waals surface area (Å²) in [6.07, 6.45) is 0. The highest BCUT2D eigenvalue weighted by molar-refractivity contribution is 5.94. The van der Waals surface area contributed by atoms with Crippen molar-refractivity contribution in [1.29, 1.82) is 0 Å². The van der Waals surface area contributed by atoms with Crippen molar-refractivity contribution in [3.8, 4) is 11.4 Å². The first-order valence-electron chi connectivity index (χ1n) is 8.28. The second kappa shape index (κ2) is 6.49. The monoisotopic (exact) mass is 333 g/mol. The van der Waals surface area contributed by atoms with Crippen molar-refractivity contribution in [3.63, 3.8) is 0 Å². The summed E-state index contributed by atoms with van der Waals surface area (Å²) < 4.78 is 0. The lowest BCUT2D eigenvalue weighted by Crippen LogP contribution is -2.22. The van der Waals surface area contributed by atoms with Crippen LogP contribution in [-0.4, -0.2) is 21.1 Å². The number of aromatic amines is 1. The molecule has 6 heteroatoms. The first kappa shape index (κ1) is 15.5. The summed E-state index contributed by atoms with van der Waals surface area (Å²) in [6, 6.07) is 13.7. The van der Waals surface area contributed by atoms with Crippen LogP contribution in [-0.2, 0) is 19.6 Å². The highest BCUT2D eigenvalue weighted by Gasteiger charge is 2.11. The molecule has 1 aliphatic heterocycles. The van der Waals surface area contributed by atoms with Crippen molar-refractivity contribution < 1.29 is 4.79 Å². The van der Waals surface area contributed by atoms with Gasteiger partial charge in [0.2, 0.25) is 0 Å². The molecule has 1 aromatic heterocycles. The summed E-state index contributed by atoms with van der Waals surface area (Å²) in [4.78, 5) is 16.6. The first-order valence-corrected chi connectivity index (χ1v) is 8.28. The molecule has 0 radical (unpaired) electrons. The van der Waals surface area contributed by atoms with Gasteiger partial charge in [-0.25, -0.2) is 4.98 Å². The Hall–Kier alpha value is -2.99. The maximum atomic E-state index is 12.3. The normalized spacial score (nSPS) is 12.8. The fraction of sp³-hybridized carbons (Fsp3) is 0.211. The topological polar surface area (TPSA) is 82.7 Å². The number of amides is 1. The average Bonchev–Trinajstić information content (AvgIpc) is 3.28. The Bertz CT molecular complexity index is 914. The van der Waals surface area contributed by atoms with Crippen LogP contribution in [0.2, 0.25) is 0 Å². The number of carbonyl (C=O) groups excluding carboxylic acids is 1. The van der Waals surface area contributed by atoms with Crippen LogP contribution in [0.1, 0.15) is 32.9 Å². The Labute approximate surface area is 145 Å². The molecule has 3 N–H and O–H groups in total. The van der Waals surface area contributed by atoms with Crippen molar-refractivity contribution in [3.05, 3.63) is 70.5 Å². The average molecular weight is 333 g/mol. The SMILES string of the molecule is Cc1nc(-c2ccc(C(=O)NCc3ccc4c(c3)CNC4)cc2)n[nH]1. The number of carbonyl (C=O) groups is 1. The van der Waals surface area contributed by atoms with Crippen molar-refractivity contribution in [2.45, 2.75) is 26.6 Å². The molecule has 6 nitrogen and oxygen atoms in total. The molecule has 0 fully saturated rings. The summed E-state index contributed by atoms with van der Waals surface area (Å²) >= 11 is 0. The minimum atomic E-state index is -0.0867. The summed E-state index contributed by atoms with van der Waals surface area (Å²) in [7, 11) is 0. The Morgan fingerprint density at radius 3 is 2.68 bits per heavy atom. The molecule has 1 amide bonds. The molecule has 0 bridgehead atoms.